The number of carbonyl (C=O) groups is 2. The van der Waals surface area contributed by atoms with Crippen LogP contribution >= 0.6 is 0 Å². The molecule has 2 N–H and O–H groups in total. The minimum Gasteiger partial charge on any atom is -1.00 e. The summed E-state index contributed by atoms with van der Waals surface area (Å²) in [5, 5.41) is 15.6. The maximum absolute atomic E-state index is 11.9. The summed E-state index contributed by atoms with van der Waals surface area (Å²) >= 11 is 0. The Hall–Kier alpha value is -3.00. The van der Waals surface area contributed by atoms with Gasteiger partial charge in [0.1, 0.15) is 0 Å². The van der Waals surface area contributed by atoms with Crippen LogP contribution in [0.3, 0.4) is 0 Å². The molecule has 150 valence electrons. The van der Waals surface area contributed by atoms with Crippen LogP contribution in [0.5, 0.6) is 0 Å². The number of non-ortho nitro benzene ring substituents is 1. The third kappa shape index (κ3) is 7.71. The fourth-order valence-corrected chi connectivity index (χ4v) is 2.39. The molecular weight excluding hydrogens is 384 g/mol. The van der Waals surface area contributed by atoms with E-state index in [9.17, 15) is 19.7 Å². The molecule has 2 rings (SSSR count). The van der Waals surface area contributed by atoms with Gasteiger partial charge in [0.25, 0.3) is 11.6 Å². The number of imide groups is 1. The normalized spacial score (nSPS) is 10.5. The predicted octanol–water partition coefficient (Wildman–Crippen LogP) is -0.899. The van der Waals surface area contributed by atoms with Gasteiger partial charge in [0.05, 0.1) is 4.92 Å². The van der Waals surface area contributed by atoms with E-state index in [0.29, 0.717) is 6.42 Å². The zero-order valence-corrected chi connectivity index (χ0v) is 16.7. The van der Waals surface area contributed by atoms with E-state index in [1.807, 2.05) is 32.9 Å². The van der Waals surface area contributed by atoms with Crippen molar-refractivity contribution < 1.29 is 31.5 Å². The second-order valence-electron chi connectivity index (χ2n) is 7.23. The van der Waals surface area contributed by atoms with Crippen molar-refractivity contribution in [3.8, 4) is 0 Å². The number of pyridine rings is 1. The van der Waals surface area contributed by atoms with Crippen molar-refractivity contribution in [2.24, 2.45) is 0 Å². The topological polar surface area (TPSA) is 105 Å². The van der Waals surface area contributed by atoms with Gasteiger partial charge in [-0.2, -0.15) is 4.57 Å². The monoisotopic (exact) mass is 406 g/mol. The molecule has 1 heterocycles. The second-order valence-corrected chi connectivity index (χ2v) is 7.23. The first-order valence-electron chi connectivity index (χ1n) is 8.46. The SMILES string of the molecule is CC(C)(C)NC(=O)NC(=O)C[n+]1ccc(Cc2ccc([N+](=O)[O-])cc2)cc1.[Cl-]. The fraction of sp³-hybridized carbons (Fsp3) is 0.316. The lowest BCUT2D eigenvalue weighted by Gasteiger charge is -2.19. The molecule has 28 heavy (non-hydrogen) atoms. The molecule has 0 bridgehead atoms. The Balaban J connectivity index is 0.00000392. The molecule has 3 amide bonds. The van der Waals surface area contributed by atoms with Crippen molar-refractivity contribution in [1.29, 1.82) is 0 Å². The Kier molecular flexibility index (Phi) is 8.06. The maximum atomic E-state index is 11.9. The van der Waals surface area contributed by atoms with E-state index in [4.69, 9.17) is 0 Å². The van der Waals surface area contributed by atoms with E-state index in [1.54, 1.807) is 29.1 Å². The molecule has 0 aliphatic heterocycles. The van der Waals surface area contributed by atoms with Gasteiger partial charge in [-0.25, -0.2) is 4.79 Å². The van der Waals surface area contributed by atoms with Gasteiger partial charge in [-0.1, -0.05) is 12.1 Å². The number of amides is 3. The predicted molar refractivity (Wildman–Crippen MR) is 99.0 cm³/mol. The van der Waals surface area contributed by atoms with Crippen LogP contribution in [0.2, 0.25) is 0 Å². The number of benzene rings is 1. The molecule has 0 radical (unpaired) electrons. The summed E-state index contributed by atoms with van der Waals surface area (Å²) in [5.41, 5.74) is 1.60. The van der Waals surface area contributed by atoms with Crippen LogP contribution in [0.4, 0.5) is 10.5 Å². The van der Waals surface area contributed by atoms with Crippen LogP contribution in [-0.2, 0) is 17.8 Å². The summed E-state index contributed by atoms with van der Waals surface area (Å²) in [4.78, 5) is 33.9. The number of halogens is 1. The minimum absolute atomic E-state index is 0. The average molecular weight is 407 g/mol. The van der Waals surface area contributed by atoms with E-state index in [1.165, 1.54) is 12.1 Å². The average Bonchev–Trinajstić information content (AvgIpc) is 2.55. The van der Waals surface area contributed by atoms with E-state index in [2.05, 4.69) is 10.6 Å². The Morgan fingerprint density at radius 1 is 1.04 bits per heavy atom. The summed E-state index contributed by atoms with van der Waals surface area (Å²) in [5.74, 6) is -0.412. The quantitative estimate of drug-likeness (QED) is 0.381. The standard InChI is InChI=1S/C19H22N4O4.ClH/c1-19(2,3)21-18(25)20-17(24)13-22-10-8-15(9-11-22)12-14-4-6-16(7-5-14)23(26)27;/h4-11H,12-13H2,1-3H3,(H-,20,21,24,25);1H. The van der Waals surface area contributed by atoms with Gasteiger partial charge >= 0.3 is 6.03 Å². The first-order chi connectivity index (χ1) is 12.6. The Morgan fingerprint density at radius 2 is 1.57 bits per heavy atom. The number of urea groups is 1. The maximum Gasteiger partial charge on any atom is 0.322 e. The number of hydrogen-bond donors (Lipinski definition) is 2. The molecule has 0 saturated heterocycles. The summed E-state index contributed by atoms with van der Waals surface area (Å²) in [6.07, 6.45) is 4.13. The van der Waals surface area contributed by atoms with E-state index in [0.717, 1.165) is 11.1 Å². The zero-order chi connectivity index (χ0) is 20.0. The van der Waals surface area contributed by atoms with Crippen LogP contribution < -0.4 is 27.6 Å². The molecule has 1 aromatic carbocycles. The number of carbonyl (C=O) groups excluding carboxylic acids is 2. The lowest BCUT2D eigenvalue weighted by Crippen LogP contribution is -3.00. The first-order valence-corrected chi connectivity index (χ1v) is 8.46. The summed E-state index contributed by atoms with van der Waals surface area (Å²) < 4.78 is 1.67. The van der Waals surface area contributed by atoms with Crippen molar-refractivity contribution in [3.05, 3.63) is 70.0 Å². The number of nitro groups is 1. The Morgan fingerprint density at radius 3 is 2.07 bits per heavy atom. The van der Waals surface area contributed by atoms with Gasteiger partial charge in [-0.3, -0.25) is 20.2 Å². The zero-order valence-electron chi connectivity index (χ0n) is 15.9. The number of nitrogens with zero attached hydrogens (tertiary/aromatic N) is 2. The number of rotatable bonds is 5. The molecule has 1 aromatic heterocycles. The Labute approximate surface area is 169 Å². The molecule has 2 aromatic rings. The molecule has 0 spiro atoms. The second kappa shape index (κ2) is 9.80. The van der Waals surface area contributed by atoms with E-state index in [-0.39, 0.29) is 24.6 Å². The van der Waals surface area contributed by atoms with Crippen molar-refractivity contribution in [2.75, 3.05) is 0 Å². The largest absolute Gasteiger partial charge is 1.00 e. The van der Waals surface area contributed by atoms with Crippen molar-refractivity contribution in [3.63, 3.8) is 0 Å². The van der Waals surface area contributed by atoms with Crippen molar-refractivity contribution in [1.82, 2.24) is 10.6 Å². The number of nitrogens with one attached hydrogen (secondary N) is 2. The third-order valence-electron chi connectivity index (χ3n) is 3.58. The molecule has 0 aliphatic carbocycles. The lowest BCUT2D eigenvalue weighted by atomic mass is 10.1. The summed E-state index contributed by atoms with van der Waals surface area (Å²) in [6.45, 7) is 5.51. The van der Waals surface area contributed by atoms with Crippen LogP contribution in [0.1, 0.15) is 31.9 Å². The van der Waals surface area contributed by atoms with Crippen LogP contribution in [0.25, 0.3) is 0 Å². The summed E-state index contributed by atoms with van der Waals surface area (Å²) in [7, 11) is 0. The van der Waals surface area contributed by atoms with Gasteiger partial charge in [-0.15, -0.1) is 0 Å². The molecule has 0 aliphatic rings. The van der Waals surface area contributed by atoms with Crippen molar-refractivity contribution in [2.45, 2.75) is 39.3 Å². The van der Waals surface area contributed by atoms with Gasteiger partial charge in [0, 0.05) is 29.8 Å². The highest BCUT2D eigenvalue weighted by Gasteiger charge is 2.17. The van der Waals surface area contributed by atoms with E-state index >= 15 is 0 Å². The summed E-state index contributed by atoms with van der Waals surface area (Å²) in [6, 6.07) is 9.61. The van der Waals surface area contributed by atoms with Gasteiger partial charge in [0.2, 0.25) is 6.54 Å². The first kappa shape index (κ1) is 23.0. The van der Waals surface area contributed by atoms with Gasteiger partial charge in [0.15, 0.2) is 12.4 Å². The molecule has 9 heteroatoms. The minimum atomic E-state index is -0.525. The number of hydrogen-bond acceptors (Lipinski definition) is 4. The smallest absolute Gasteiger partial charge is 0.322 e. The molecule has 0 saturated carbocycles. The molecule has 8 nitrogen and oxygen atoms in total. The van der Waals surface area contributed by atoms with Crippen LogP contribution in [0.15, 0.2) is 48.8 Å². The highest BCUT2D eigenvalue weighted by atomic mass is 35.5. The van der Waals surface area contributed by atoms with E-state index < -0.39 is 22.4 Å². The van der Waals surface area contributed by atoms with Crippen LogP contribution in [0, 0.1) is 10.1 Å². The van der Waals surface area contributed by atoms with Gasteiger partial charge < -0.3 is 17.7 Å². The lowest BCUT2D eigenvalue weighted by molar-refractivity contribution is -0.684. The third-order valence-corrected chi connectivity index (χ3v) is 3.58. The fourth-order valence-electron chi connectivity index (χ4n) is 2.39. The number of aromatic nitrogens is 1. The van der Waals surface area contributed by atoms with Crippen LogP contribution in [-0.4, -0.2) is 22.4 Å². The molecule has 0 unspecified atom stereocenters. The molecular formula is C19H23ClN4O4. The van der Waals surface area contributed by atoms with Gasteiger partial charge in [-0.05, 0) is 38.3 Å². The molecule has 0 atom stereocenters. The number of nitro benzene ring substituents is 1. The highest BCUT2D eigenvalue weighted by molar-refractivity contribution is 5.93. The Bertz CT molecular complexity index is 831. The van der Waals surface area contributed by atoms with Crippen molar-refractivity contribution >= 4 is 17.6 Å². The molecule has 0 fully saturated rings. The highest BCUT2D eigenvalue weighted by Crippen LogP contribution is 2.14.